The highest BCUT2D eigenvalue weighted by molar-refractivity contribution is 7.90. The standard InChI is InChI=1S/C15H25NO2S/c1-4-5-6-7-13(2)16-12-14-8-10-15(11-9-14)19(3,17)18/h8-11,13,16H,4-7,12H2,1-3H3. The van der Waals surface area contributed by atoms with Crippen molar-refractivity contribution in [2.45, 2.75) is 57.0 Å². The van der Waals surface area contributed by atoms with Gasteiger partial charge in [-0.3, -0.25) is 0 Å². The molecule has 108 valence electrons. The first-order valence-corrected chi connectivity index (χ1v) is 8.85. The van der Waals surface area contributed by atoms with Crippen LogP contribution in [-0.2, 0) is 16.4 Å². The van der Waals surface area contributed by atoms with Gasteiger partial charge in [0.1, 0.15) is 0 Å². The zero-order valence-electron chi connectivity index (χ0n) is 12.1. The second-order valence-corrected chi connectivity index (χ2v) is 7.21. The van der Waals surface area contributed by atoms with Crippen LogP contribution in [0.4, 0.5) is 0 Å². The van der Waals surface area contributed by atoms with Crippen molar-refractivity contribution in [2.24, 2.45) is 0 Å². The lowest BCUT2D eigenvalue weighted by molar-refractivity contribution is 0.487. The molecule has 1 aromatic rings. The summed E-state index contributed by atoms with van der Waals surface area (Å²) in [6, 6.07) is 7.60. The quantitative estimate of drug-likeness (QED) is 0.746. The number of hydrogen-bond donors (Lipinski definition) is 1. The smallest absolute Gasteiger partial charge is 0.175 e. The summed E-state index contributed by atoms with van der Waals surface area (Å²) < 4.78 is 22.7. The zero-order valence-corrected chi connectivity index (χ0v) is 13.0. The van der Waals surface area contributed by atoms with E-state index in [1.165, 1.54) is 31.9 Å². The molecule has 0 amide bonds. The van der Waals surface area contributed by atoms with Crippen LogP contribution in [0.1, 0.15) is 45.1 Å². The van der Waals surface area contributed by atoms with Gasteiger partial charge in [0.25, 0.3) is 0 Å². The van der Waals surface area contributed by atoms with Gasteiger partial charge in [-0.25, -0.2) is 8.42 Å². The molecule has 0 aliphatic rings. The van der Waals surface area contributed by atoms with Gasteiger partial charge < -0.3 is 5.32 Å². The largest absolute Gasteiger partial charge is 0.310 e. The fraction of sp³-hybridized carbons (Fsp3) is 0.600. The summed E-state index contributed by atoms with van der Waals surface area (Å²) in [6.45, 7) is 5.19. The number of unbranched alkanes of at least 4 members (excludes halogenated alkanes) is 2. The molecule has 0 aliphatic heterocycles. The van der Waals surface area contributed by atoms with Crippen LogP contribution < -0.4 is 5.32 Å². The van der Waals surface area contributed by atoms with Crippen LogP contribution in [0.15, 0.2) is 29.2 Å². The van der Waals surface area contributed by atoms with E-state index in [9.17, 15) is 8.42 Å². The fourth-order valence-corrected chi connectivity index (χ4v) is 2.58. The van der Waals surface area contributed by atoms with Gasteiger partial charge in [0.15, 0.2) is 9.84 Å². The molecule has 0 bridgehead atoms. The lowest BCUT2D eigenvalue weighted by Crippen LogP contribution is -2.25. The second-order valence-electron chi connectivity index (χ2n) is 5.19. The van der Waals surface area contributed by atoms with Crippen LogP contribution in [0.2, 0.25) is 0 Å². The minimum atomic E-state index is -3.09. The average Bonchev–Trinajstić information content (AvgIpc) is 2.36. The monoisotopic (exact) mass is 283 g/mol. The maximum atomic E-state index is 11.3. The van der Waals surface area contributed by atoms with Gasteiger partial charge in [-0.15, -0.1) is 0 Å². The average molecular weight is 283 g/mol. The van der Waals surface area contributed by atoms with Crippen LogP contribution in [0.25, 0.3) is 0 Å². The molecule has 1 atom stereocenters. The first kappa shape index (κ1) is 16.2. The molecule has 0 radical (unpaired) electrons. The van der Waals surface area contributed by atoms with Gasteiger partial charge in [-0.1, -0.05) is 38.3 Å². The third-order valence-electron chi connectivity index (χ3n) is 3.25. The summed E-state index contributed by atoms with van der Waals surface area (Å²) in [4.78, 5) is 0.382. The molecule has 0 aliphatic carbocycles. The first-order chi connectivity index (χ1) is 8.93. The SMILES string of the molecule is CCCCCC(C)NCc1ccc(S(C)(=O)=O)cc1. The Morgan fingerprint density at radius 3 is 2.32 bits per heavy atom. The molecule has 0 aromatic heterocycles. The van der Waals surface area contributed by atoms with E-state index in [1.807, 2.05) is 12.1 Å². The van der Waals surface area contributed by atoms with Crippen molar-refractivity contribution in [2.75, 3.05) is 6.26 Å². The number of rotatable bonds is 8. The normalized spacial score (nSPS) is 13.4. The summed E-state index contributed by atoms with van der Waals surface area (Å²) in [5.74, 6) is 0. The highest BCUT2D eigenvalue weighted by atomic mass is 32.2. The van der Waals surface area contributed by atoms with Crippen molar-refractivity contribution in [3.8, 4) is 0 Å². The topological polar surface area (TPSA) is 46.2 Å². The minimum absolute atomic E-state index is 0.382. The van der Waals surface area contributed by atoms with E-state index in [4.69, 9.17) is 0 Å². The molecule has 1 rings (SSSR count). The number of sulfone groups is 1. The van der Waals surface area contributed by atoms with Crippen LogP contribution in [0.5, 0.6) is 0 Å². The lowest BCUT2D eigenvalue weighted by Gasteiger charge is -2.13. The molecular formula is C15H25NO2S. The van der Waals surface area contributed by atoms with E-state index in [-0.39, 0.29) is 0 Å². The van der Waals surface area contributed by atoms with Gasteiger partial charge in [0.2, 0.25) is 0 Å². The van der Waals surface area contributed by atoms with Gasteiger partial charge in [-0.2, -0.15) is 0 Å². The molecule has 1 unspecified atom stereocenters. The van der Waals surface area contributed by atoms with Crippen molar-refractivity contribution in [1.82, 2.24) is 5.32 Å². The number of benzene rings is 1. The lowest BCUT2D eigenvalue weighted by atomic mass is 10.1. The maximum Gasteiger partial charge on any atom is 0.175 e. The van der Waals surface area contributed by atoms with E-state index in [0.717, 1.165) is 12.1 Å². The third kappa shape index (κ3) is 6.21. The van der Waals surface area contributed by atoms with E-state index >= 15 is 0 Å². The highest BCUT2D eigenvalue weighted by Crippen LogP contribution is 2.11. The predicted octanol–water partition coefficient (Wildman–Crippen LogP) is 3.15. The van der Waals surface area contributed by atoms with Gasteiger partial charge in [0, 0.05) is 18.8 Å². The molecule has 1 N–H and O–H groups in total. The summed E-state index contributed by atoms with van der Waals surface area (Å²) in [5, 5.41) is 3.47. The molecule has 4 heteroatoms. The van der Waals surface area contributed by atoms with E-state index in [2.05, 4.69) is 19.2 Å². The molecule has 3 nitrogen and oxygen atoms in total. The van der Waals surface area contributed by atoms with Crippen molar-refractivity contribution in [1.29, 1.82) is 0 Å². The Kier molecular flexibility index (Phi) is 6.52. The fourth-order valence-electron chi connectivity index (χ4n) is 1.95. The van der Waals surface area contributed by atoms with Crippen LogP contribution in [-0.4, -0.2) is 20.7 Å². The van der Waals surface area contributed by atoms with Crippen LogP contribution in [0, 0.1) is 0 Å². The Labute approximate surface area is 117 Å². The van der Waals surface area contributed by atoms with Crippen molar-refractivity contribution in [3.63, 3.8) is 0 Å². The van der Waals surface area contributed by atoms with Crippen molar-refractivity contribution in [3.05, 3.63) is 29.8 Å². The molecule has 0 fully saturated rings. The summed E-state index contributed by atoms with van der Waals surface area (Å²) in [7, 11) is -3.09. The Balaban J connectivity index is 2.42. The van der Waals surface area contributed by atoms with E-state index < -0.39 is 9.84 Å². The van der Waals surface area contributed by atoms with Gasteiger partial charge >= 0.3 is 0 Å². The molecule has 0 spiro atoms. The van der Waals surface area contributed by atoms with Crippen molar-refractivity contribution >= 4 is 9.84 Å². The Bertz CT molecular complexity index is 465. The van der Waals surface area contributed by atoms with E-state index in [0.29, 0.717) is 10.9 Å². The van der Waals surface area contributed by atoms with Gasteiger partial charge in [-0.05, 0) is 31.0 Å². The molecule has 0 heterocycles. The predicted molar refractivity (Wildman–Crippen MR) is 80.0 cm³/mol. The first-order valence-electron chi connectivity index (χ1n) is 6.96. The number of nitrogens with one attached hydrogen (secondary N) is 1. The third-order valence-corrected chi connectivity index (χ3v) is 4.38. The molecule has 1 aromatic carbocycles. The Morgan fingerprint density at radius 2 is 1.79 bits per heavy atom. The van der Waals surface area contributed by atoms with Gasteiger partial charge in [0.05, 0.1) is 4.90 Å². The minimum Gasteiger partial charge on any atom is -0.310 e. The summed E-state index contributed by atoms with van der Waals surface area (Å²) in [5.41, 5.74) is 1.12. The Hall–Kier alpha value is -0.870. The maximum absolute atomic E-state index is 11.3. The zero-order chi connectivity index (χ0) is 14.3. The summed E-state index contributed by atoms with van der Waals surface area (Å²) >= 11 is 0. The second kappa shape index (κ2) is 7.65. The number of hydrogen-bond acceptors (Lipinski definition) is 3. The molecule has 19 heavy (non-hydrogen) atoms. The van der Waals surface area contributed by atoms with E-state index in [1.54, 1.807) is 12.1 Å². The van der Waals surface area contributed by atoms with Crippen molar-refractivity contribution < 1.29 is 8.42 Å². The Morgan fingerprint density at radius 1 is 1.16 bits per heavy atom. The molecule has 0 saturated carbocycles. The highest BCUT2D eigenvalue weighted by Gasteiger charge is 2.06. The molecule has 0 saturated heterocycles. The van der Waals surface area contributed by atoms with Crippen LogP contribution in [0.3, 0.4) is 0 Å². The molecular weight excluding hydrogens is 258 g/mol. The van der Waals surface area contributed by atoms with Crippen LogP contribution >= 0.6 is 0 Å². The summed E-state index contributed by atoms with van der Waals surface area (Å²) in [6.07, 6.45) is 6.22.